The molecule has 2 aromatic rings. The fourth-order valence-electron chi connectivity index (χ4n) is 3.30. The molecule has 0 bridgehead atoms. The van der Waals surface area contributed by atoms with E-state index in [0.29, 0.717) is 19.6 Å². The van der Waals surface area contributed by atoms with Crippen molar-refractivity contribution in [2.45, 2.75) is 38.1 Å². The minimum absolute atomic E-state index is 0.217. The average Bonchev–Trinajstić information content (AvgIpc) is 2.63. The van der Waals surface area contributed by atoms with E-state index in [9.17, 15) is 9.50 Å². The minimum atomic E-state index is -0.334. The molecule has 1 aliphatic rings. The predicted molar refractivity (Wildman–Crippen MR) is 96.8 cm³/mol. The summed E-state index contributed by atoms with van der Waals surface area (Å²) >= 11 is 0. The van der Waals surface area contributed by atoms with Crippen LogP contribution in [-0.4, -0.2) is 41.8 Å². The number of aliphatic hydroxyl groups is 1. The van der Waals surface area contributed by atoms with Crippen LogP contribution >= 0.6 is 0 Å². The zero-order valence-corrected chi connectivity index (χ0v) is 14.5. The molecule has 1 atom stereocenters. The van der Waals surface area contributed by atoms with Crippen molar-refractivity contribution in [3.63, 3.8) is 0 Å². The van der Waals surface area contributed by atoms with Gasteiger partial charge in [0.1, 0.15) is 5.82 Å². The number of aliphatic hydroxyl groups excluding tert-OH is 1. The summed E-state index contributed by atoms with van der Waals surface area (Å²) < 4.78 is 18.8. The molecule has 25 heavy (non-hydrogen) atoms. The molecule has 1 aliphatic heterocycles. The van der Waals surface area contributed by atoms with Gasteiger partial charge in [-0.15, -0.1) is 0 Å². The van der Waals surface area contributed by atoms with E-state index in [0.717, 1.165) is 31.5 Å². The van der Waals surface area contributed by atoms with E-state index in [4.69, 9.17) is 4.74 Å². The smallest absolute Gasteiger partial charge is 0.123 e. The maximum atomic E-state index is 12.9. The molecule has 134 valence electrons. The van der Waals surface area contributed by atoms with Crippen LogP contribution < -0.4 is 0 Å². The molecule has 4 heteroatoms. The van der Waals surface area contributed by atoms with Crippen molar-refractivity contribution in [2.24, 2.45) is 0 Å². The molecular formula is C21H26FNO2. The van der Waals surface area contributed by atoms with Crippen LogP contribution in [0.3, 0.4) is 0 Å². The average molecular weight is 343 g/mol. The van der Waals surface area contributed by atoms with Crippen LogP contribution in [-0.2, 0) is 17.8 Å². The lowest BCUT2D eigenvalue weighted by molar-refractivity contribution is -0.0106. The third kappa shape index (κ3) is 5.92. The lowest BCUT2D eigenvalue weighted by Gasteiger charge is -2.33. The molecule has 3 rings (SSSR count). The highest BCUT2D eigenvalue weighted by Crippen LogP contribution is 2.17. The standard InChI is InChI=1S/C21H26FNO2/c22-19-8-6-18(7-9-19)16-25-21-10-12-23(13-11-21)15-20(24)14-17-4-2-1-3-5-17/h1-9,20-21,24H,10-16H2. The molecule has 2 aromatic carbocycles. The fraction of sp³-hybridized carbons (Fsp3) is 0.429. The van der Waals surface area contributed by atoms with Crippen molar-refractivity contribution in [2.75, 3.05) is 19.6 Å². The number of likely N-dealkylation sites (tertiary alicyclic amines) is 1. The minimum Gasteiger partial charge on any atom is -0.391 e. The molecule has 0 aromatic heterocycles. The van der Waals surface area contributed by atoms with E-state index < -0.39 is 0 Å². The van der Waals surface area contributed by atoms with Crippen LogP contribution in [0.15, 0.2) is 54.6 Å². The first kappa shape index (κ1) is 18.1. The zero-order valence-electron chi connectivity index (χ0n) is 14.5. The number of ether oxygens (including phenoxy) is 1. The summed E-state index contributed by atoms with van der Waals surface area (Å²) in [6.07, 6.45) is 2.55. The number of hydrogen-bond donors (Lipinski definition) is 1. The van der Waals surface area contributed by atoms with Gasteiger partial charge in [-0.1, -0.05) is 42.5 Å². The zero-order chi connectivity index (χ0) is 17.5. The molecule has 0 amide bonds. The summed E-state index contributed by atoms with van der Waals surface area (Å²) in [7, 11) is 0. The Bertz CT molecular complexity index is 624. The number of hydrogen-bond acceptors (Lipinski definition) is 3. The van der Waals surface area contributed by atoms with Crippen molar-refractivity contribution in [3.8, 4) is 0 Å². The van der Waals surface area contributed by atoms with Crippen LogP contribution in [0.25, 0.3) is 0 Å². The van der Waals surface area contributed by atoms with Crippen molar-refractivity contribution >= 4 is 0 Å². The van der Waals surface area contributed by atoms with Crippen molar-refractivity contribution in [1.82, 2.24) is 4.90 Å². The number of nitrogens with zero attached hydrogens (tertiary/aromatic N) is 1. The second-order valence-electron chi connectivity index (χ2n) is 6.78. The van der Waals surface area contributed by atoms with Gasteiger partial charge in [-0.25, -0.2) is 4.39 Å². The fourth-order valence-corrected chi connectivity index (χ4v) is 3.30. The molecule has 3 nitrogen and oxygen atoms in total. The first-order valence-corrected chi connectivity index (χ1v) is 8.99. The number of β-amino-alcohol motifs (C(OH)–C–C–N with tert-alkyl or cyclic N) is 1. The molecule has 0 spiro atoms. The van der Waals surface area contributed by atoms with E-state index in [2.05, 4.69) is 17.0 Å². The van der Waals surface area contributed by atoms with E-state index in [1.165, 1.54) is 17.7 Å². The Kier molecular flexibility index (Phi) is 6.56. The number of rotatable bonds is 7. The van der Waals surface area contributed by atoms with Crippen LogP contribution in [0, 0.1) is 5.82 Å². The van der Waals surface area contributed by atoms with Gasteiger partial charge in [0, 0.05) is 19.6 Å². The molecule has 1 heterocycles. The molecule has 1 unspecified atom stereocenters. The summed E-state index contributed by atoms with van der Waals surface area (Å²) in [5.41, 5.74) is 2.18. The monoisotopic (exact) mass is 343 g/mol. The van der Waals surface area contributed by atoms with Crippen LogP contribution in [0.4, 0.5) is 4.39 Å². The molecule has 0 aliphatic carbocycles. The first-order chi connectivity index (χ1) is 12.2. The molecule has 0 saturated carbocycles. The summed E-state index contributed by atoms with van der Waals surface area (Å²) in [6.45, 7) is 3.13. The highest BCUT2D eigenvalue weighted by atomic mass is 19.1. The largest absolute Gasteiger partial charge is 0.391 e. The van der Waals surface area contributed by atoms with E-state index in [-0.39, 0.29) is 18.0 Å². The second kappa shape index (κ2) is 9.09. The number of halogens is 1. The van der Waals surface area contributed by atoms with Gasteiger partial charge in [-0.05, 0) is 42.5 Å². The predicted octanol–water partition coefficient (Wildman–Crippen LogP) is 3.41. The van der Waals surface area contributed by atoms with Gasteiger partial charge in [-0.2, -0.15) is 0 Å². The van der Waals surface area contributed by atoms with Crippen molar-refractivity contribution in [1.29, 1.82) is 0 Å². The van der Waals surface area contributed by atoms with Gasteiger partial charge in [0.25, 0.3) is 0 Å². The van der Waals surface area contributed by atoms with Gasteiger partial charge in [0.2, 0.25) is 0 Å². The van der Waals surface area contributed by atoms with E-state index >= 15 is 0 Å². The van der Waals surface area contributed by atoms with Crippen LogP contribution in [0.2, 0.25) is 0 Å². The number of benzene rings is 2. The maximum Gasteiger partial charge on any atom is 0.123 e. The summed E-state index contributed by atoms with van der Waals surface area (Å²) in [4.78, 5) is 2.31. The lowest BCUT2D eigenvalue weighted by atomic mass is 10.0. The Labute approximate surface area is 149 Å². The van der Waals surface area contributed by atoms with Gasteiger partial charge >= 0.3 is 0 Å². The van der Waals surface area contributed by atoms with E-state index in [1.54, 1.807) is 12.1 Å². The van der Waals surface area contributed by atoms with E-state index in [1.807, 2.05) is 18.2 Å². The molecule has 1 fully saturated rings. The maximum absolute atomic E-state index is 12.9. The lowest BCUT2D eigenvalue weighted by Crippen LogP contribution is -2.41. The Morgan fingerprint density at radius 2 is 1.68 bits per heavy atom. The van der Waals surface area contributed by atoms with Gasteiger partial charge in [-0.3, -0.25) is 0 Å². The quantitative estimate of drug-likeness (QED) is 0.836. The van der Waals surface area contributed by atoms with Gasteiger partial charge in [0.15, 0.2) is 0 Å². The van der Waals surface area contributed by atoms with Crippen LogP contribution in [0.5, 0.6) is 0 Å². The normalized spacial score (nSPS) is 17.5. The Balaban J connectivity index is 1.36. The summed E-state index contributed by atoms with van der Waals surface area (Å²) in [5.74, 6) is -0.217. The molecule has 1 saturated heterocycles. The molecular weight excluding hydrogens is 317 g/mol. The van der Waals surface area contributed by atoms with Crippen LogP contribution in [0.1, 0.15) is 24.0 Å². The highest BCUT2D eigenvalue weighted by Gasteiger charge is 2.21. The molecule has 1 N–H and O–H groups in total. The number of piperidine rings is 1. The van der Waals surface area contributed by atoms with Gasteiger partial charge in [0.05, 0.1) is 18.8 Å². The van der Waals surface area contributed by atoms with Crippen molar-refractivity contribution < 1.29 is 14.2 Å². The molecule has 0 radical (unpaired) electrons. The Hall–Kier alpha value is -1.75. The first-order valence-electron chi connectivity index (χ1n) is 8.99. The third-order valence-electron chi connectivity index (χ3n) is 4.72. The third-order valence-corrected chi connectivity index (χ3v) is 4.72. The highest BCUT2D eigenvalue weighted by molar-refractivity contribution is 5.16. The van der Waals surface area contributed by atoms with Crippen molar-refractivity contribution in [3.05, 3.63) is 71.5 Å². The Morgan fingerprint density at radius 3 is 2.36 bits per heavy atom. The van der Waals surface area contributed by atoms with Gasteiger partial charge < -0.3 is 14.7 Å². The SMILES string of the molecule is OC(Cc1ccccc1)CN1CCC(OCc2ccc(F)cc2)CC1. The Morgan fingerprint density at radius 1 is 1.00 bits per heavy atom. The second-order valence-corrected chi connectivity index (χ2v) is 6.78. The summed E-state index contributed by atoms with van der Waals surface area (Å²) in [5, 5.41) is 10.3. The topological polar surface area (TPSA) is 32.7 Å². The summed E-state index contributed by atoms with van der Waals surface area (Å²) in [6, 6.07) is 16.6.